The Bertz CT molecular complexity index is 258. The van der Waals surface area contributed by atoms with Crippen molar-refractivity contribution in [1.82, 2.24) is 15.1 Å². The topological polar surface area (TPSA) is 44.8 Å². The Kier molecular flexibility index (Phi) is 14.1. The van der Waals surface area contributed by atoms with E-state index in [0.29, 0.717) is 12.5 Å². The molecule has 0 saturated carbocycles. The molecule has 1 atom stereocenters. The van der Waals surface area contributed by atoms with Gasteiger partial charge in [-0.15, -0.1) is 24.8 Å². The Balaban J connectivity index is 0. The van der Waals surface area contributed by atoms with Crippen molar-refractivity contribution < 1.29 is 9.53 Å². The van der Waals surface area contributed by atoms with Crippen LogP contribution >= 0.6 is 24.8 Å². The summed E-state index contributed by atoms with van der Waals surface area (Å²) in [7, 11) is 3.61. The van der Waals surface area contributed by atoms with Gasteiger partial charge in [-0.2, -0.15) is 0 Å². The lowest BCUT2D eigenvalue weighted by atomic mass is 10.1. The number of halogens is 2. The molecule has 0 bridgehead atoms. The van der Waals surface area contributed by atoms with Crippen LogP contribution in [0.15, 0.2) is 0 Å². The average Bonchev–Trinajstić information content (AvgIpc) is 2.42. The molecule has 0 aliphatic carbocycles. The minimum Gasteiger partial charge on any atom is -0.383 e. The van der Waals surface area contributed by atoms with Gasteiger partial charge in [-0.3, -0.25) is 9.69 Å². The molecule has 1 heterocycles. The van der Waals surface area contributed by atoms with Crippen LogP contribution in [-0.2, 0) is 9.53 Å². The quantitative estimate of drug-likeness (QED) is 0.757. The van der Waals surface area contributed by atoms with Crippen molar-refractivity contribution in [3.05, 3.63) is 0 Å². The Hall–Kier alpha value is -0.0700. The zero-order chi connectivity index (χ0) is 13.4. The van der Waals surface area contributed by atoms with Gasteiger partial charge < -0.3 is 15.0 Å². The first-order chi connectivity index (χ1) is 8.72. The summed E-state index contributed by atoms with van der Waals surface area (Å²) in [5.41, 5.74) is 0. The van der Waals surface area contributed by atoms with E-state index < -0.39 is 0 Å². The standard InChI is InChI=1S/C13H27N3O2.2ClH/c1-4-12-11-16(13(17)5-6-14-2)8-7-15(12)9-10-18-3;;/h12,14H,4-11H2,1-3H3;2*1H. The largest absolute Gasteiger partial charge is 0.383 e. The zero-order valence-electron chi connectivity index (χ0n) is 12.8. The second kappa shape index (κ2) is 12.7. The van der Waals surface area contributed by atoms with Crippen LogP contribution in [0.5, 0.6) is 0 Å². The summed E-state index contributed by atoms with van der Waals surface area (Å²) in [4.78, 5) is 16.4. The first kappa shape index (κ1) is 22.2. The number of amides is 1. The summed E-state index contributed by atoms with van der Waals surface area (Å²) in [6, 6.07) is 0.479. The summed E-state index contributed by atoms with van der Waals surface area (Å²) in [5.74, 6) is 0.272. The SMILES string of the molecule is CCC1CN(C(=O)CCNC)CCN1CCOC.Cl.Cl. The predicted molar refractivity (Wildman–Crippen MR) is 87.1 cm³/mol. The lowest BCUT2D eigenvalue weighted by molar-refractivity contribution is -0.134. The fraction of sp³-hybridized carbons (Fsp3) is 0.923. The van der Waals surface area contributed by atoms with Gasteiger partial charge in [0.1, 0.15) is 0 Å². The van der Waals surface area contributed by atoms with Crippen molar-refractivity contribution in [3.8, 4) is 0 Å². The number of carbonyl (C=O) groups excluding carboxylic acids is 1. The molecule has 1 saturated heterocycles. The minimum absolute atomic E-state index is 0. The molecule has 7 heteroatoms. The molecule has 0 spiro atoms. The number of ether oxygens (including phenoxy) is 1. The predicted octanol–water partition coefficient (Wildman–Crippen LogP) is 1.01. The van der Waals surface area contributed by atoms with E-state index in [9.17, 15) is 4.79 Å². The monoisotopic (exact) mass is 329 g/mol. The van der Waals surface area contributed by atoms with E-state index in [-0.39, 0.29) is 30.7 Å². The highest BCUT2D eigenvalue weighted by molar-refractivity contribution is 5.85. The third kappa shape index (κ3) is 7.09. The normalized spacial score (nSPS) is 19.1. The second-order valence-corrected chi connectivity index (χ2v) is 4.78. The van der Waals surface area contributed by atoms with Crippen LogP contribution in [0.4, 0.5) is 0 Å². The Morgan fingerprint density at radius 2 is 2.05 bits per heavy atom. The molecule has 1 aliphatic rings. The van der Waals surface area contributed by atoms with E-state index >= 15 is 0 Å². The fourth-order valence-corrected chi connectivity index (χ4v) is 2.40. The van der Waals surface area contributed by atoms with Gasteiger partial charge in [-0.25, -0.2) is 0 Å². The molecular formula is C13H29Cl2N3O2. The summed E-state index contributed by atoms with van der Waals surface area (Å²) in [6.45, 7) is 7.36. The smallest absolute Gasteiger partial charge is 0.223 e. The highest BCUT2D eigenvalue weighted by Gasteiger charge is 2.27. The van der Waals surface area contributed by atoms with Crippen LogP contribution in [0.2, 0.25) is 0 Å². The van der Waals surface area contributed by atoms with Crippen LogP contribution in [0.25, 0.3) is 0 Å². The molecule has 1 fully saturated rings. The van der Waals surface area contributed by atoms with Crippen molar-refractivity contribution in [1.29, 1.82) is 0 Å². The molecule has 1 rings (SSSR count). The second-order valence-electron chi connectivity index (χ2n) is 4.78. The lowest BCUT2D eigenvalue weighted by Crippen LogP contribution is -2.55. The van der Waals surface area contributed by atoms with E-state index in [4.69, 9.17) is 4.74 Å². The van der Waals surface area contributed by atoms with Crippen molar-refractivity contribution in [2.45, 2.75) is 25.8 Å². The van der Waals surface area contributed by atoms with E-state index in [1.54, 1.807) is 7.11 Å². The summed E-state index contributed by atoms with van der Waals surface area (Å²) in [6.07, 6.45) is 1.69. The number of rotatable bonds is 7. The van der Waals surface area contributed by atoms with Gasteiger partial charge in [-0.1, -0.05) is 6.92 Å². The zero-order valence-corrected chi connectivity index (χ0v) is 14.4. The molecule has 0 aromatic heterocycles. The molecule has 1 N–H and O–H groups in total. The average molecular weight is 330 g/mol. The van der Waals surface area contributed by atoms with Crippen LogP contribution < -0.4 is 5.32 Å². The minimum atomic E-state index is 0. The molecule has 122 valence electrons. The van der Waals surface area contributed by atoms with Crippen molar-refractivity contribution in [3.63, 3.8) is 0 Å². The number of methoxy groups -OCH3 is 1. The van der Waals surface area contributed by atoms with E-state index in [2.05, 4.69) is 17.1 Å². The molecule has 0 radical (unpaired) electrons. The van der Waals surface area contributed by atoms with Gasteiger partial charge in [0.05, 0.1) is 6.61 Å². The fourth-order valence-electron chi connectivity index (χ4n) is 2.40. The molecule has 1 unspecified atom stereocenters. The van der Waals surface area contributed by atoms with Crippen LogP contribution in [-0.4, -0.2) is 75.2 Å². The van der Waals surface area contributed by atoms with Gasteiger partial charge in [0.2, 0.25) is 5.91 Å². The number of piperazine rings is 1. The van der Waals surface area contributed by atoms with Crippen LogP contribution in [0, 0.1) is 0 Å². The third-order valence-electron chi connectivity index (χ3n) is 3.60. The summed E-state index contributed by atoms with van der Waals surface area (Å²) >= 11 is 0. The molecule has 1 aliphatic heterocycles. The third-order valence-corrected chi connectivity index (χ3v) is 3.60. The highest BCUT2D eigenvalue weighted by Crippen LogP contribution is 2.13. The number of hydrogen-bond donors (Lipinski definition) is 1. The molecule has 0 aromatic rings. The molecule has 5 nitrogen and oxygen atoms in total. The molecular weight excluding hydrogens is 301 g/mol. The first-order valence-electron chi connectivity index (χ1n) is 6.88. The van der Waals surface area contributed by atoms with Crippen molar-refractivity contribution in [2.75, 3.05) is 53.5 Å². The number of nitrogens with zero attached hydrogens (tertiary/aromatic N) is 2. The highest BCUT2D eigenvalue weighted by atomic mass is 35.5. The lowest BCUT2D eigenvalue weighted by Gasteiger charge is -2.41. The first-order valence-corrected chi connectivity index (χ1v) is 6.88. The van der Waals surface area contributed by atoms with Crippen LogP contribution in [0.1, 0.15) is 19.8 Å². The van der Waals surface area contributed by atoms with E-state index in [0.717, 1.165) is 45.8 Å². The number of carbonyl (C=O) groups is 1. The molecule has 0 aromatic carbocycles. The Labute approximate surface area is 135 Å². The maximum atomic E-state index is 12.0. The van der Waals surface area contributed by atoms with Gasteiger partial charge in [0, 0.05) is 52.3 Å². The van der Waals surface area contributed by atoms with Gasteiger partial charge >= 0.3 is 0 Å². The number of nitrogens with one attached hydrogen (secondary N) is 1. The molecule has 1 amide bonds. The van der Waals surface area contributed by atoms with E-state index in [1.165, 1.54) is 0 Å². The summed E-state index contributed by atoms with van der Waals surface area (Å²) in [5, 5.41) is 3.03. The summed E-state index contributed by atoms with van der Waals surface area (Å²) < 4.78 is 5.13. The maximum absolute atomic E-state index is 12.0. The number of hydrogen-bond acceptors (Lipinski definition) is 4. The maximum Gasteiger partial charge on any atom is 0.223 e. The molecule has 20 heavy (non-hydrogen) atoms. The Morgan fingerprint density at radius 1 is 1.35 bits per heavy atom. The van der Waals surface area contributed by atoms with Crippen molar-refractivity contribution in [2.24, 2.45) is 0 Å². The van der Waals surface area contributed by atoms with E-state index in [1.807, 2.05) is 11.9 Å². The van der Waals surface area contributed by atoms with Gasteiger partial charge in [0.15, 0.2) is 0 Å². The van der Waals surface area contributed by atoms with Gasteiger partial charge in [-0.05, 0) is 13.5 Å². The van der Waals surface area contributed by atoms with Gasteiger partial charge in [0.25, 0.3) is 0 Å². The van der Waals surface area contributed by atoms with Crippen LogP contribution in [0.3, 0.4) is 0 Å². The van der Waals surface area contributed by atoms with Crippen molar-refractivity contribution >= 4 is 30.7 Å². The Morgan fingerprint density at radius 3 is 2.60 bits per heavy atom.